The van der Waals surface area contributed by atoms with Crippen molar-refractivity contribution in [1.82, 2.24) is 10.2 Å². The molecule has 118 valence electrons. The van der Waals surface area contributed by atoms with Crippen LogP contribution < -0.4 is 10.2 Å². The van der Waals surface area contributed by atoms with Gasteiger partial charge < -0.3 is 15.1 Å². The van der Waals surface area contributed by atoms with E-state index in [4.69, 9.17) is 0 Å². The van der Waals surface area contributed by atoms with Gasteiger partial charge in [0.15, 0.2) is 0 Å². The molecule has 0 bridgehead atoms. The number of benzene rings is 1. The molecule has 0 saturated carbocycles. The molecule has 0 radical (unpaired) electrons. The van der Waals surface area contributed by atoms with Gasteiger partial charge in [0.25, 0.3) is 0 Å². The van der Waals surface area contributed by atoms with E-state index in [1.807, 2.05) is 13.1 Å². The predicted octanol–water partition coefficient (Wildman–Crippen LogP) is 2.88. The maximum Gasteiger partial charge on any atom is 0.146 e. The first-order valence-corrected chi connectivity index (χ1v) is 7.88. The molecular formula is C17H28FN3. The van der Waals surface area contributed by atoms with E-state index in [0.717, 1.165) is 49.6 Å². The SMILES string of the molecule is CNC(C)c1cccc(F)c1N1CCC(CN(C)C)CC1. The maximum atomic E-state index is 14.4. The van der Waals surface area contributed by atoms with Crippen LogP contribution in [-0.4, -0.2) is 45.7 Å². The Morgan fingerprint density at radius 3 is 2.57 bits per heavy atom. The molecule has 1 aromatic carbocycles. The molecule has 0 aromatic heterocycles. The van der Waals surface area contributed by atoms with Crippen molar-refractivity contribution < 1.29 is 4.39 Å². The highest BCUT2D eigenvalue weighted by Crippen LogP contribution is 2.32. The molecule has 3 nitrogen and oxygen atoms in total. The molecule has 1 aromatic rings. The minimum Gasteiger partial charge on any atom is -0.369 e. The molecule has 1 unspecified atom stereocenters. The summed E-state index contributed by atoms with van der Waals surface area (Å²) in [6, 6.07) is 5.58. The summed E-state index contributed by atoms with van der Waals surface area (Å²) in [6.07, 6.45) is 2.28. The molecule has 1 aliphatic heterocycles. The third kappa shape index (κ3) is 3.95. The number of para-hydroxylation sites is 1. The third-order valence-electron chi connectivity index (χ3n) is 4.47. The number of nitrogens with one attached hydrogen (secondary N) is 1. The second-order valence-corrected chi connectivity index (χ2v) is 6.38. The van der Waals surface area contributed by atoms with E-state index in [9.17, 15) is 4.39 Å². The van der Waals surface area contributed by atoms with E-state index in [-0.39, 0.29) is 11.9 Å². The van der Waals surface area contributed by atoms with Crippen molar-refractivity contribution in [3.8, 4) is 0 Å². The molecule has 1 saturated heterocycles. The Hall–Kier alpha value is -1.13. The minimum absolute atomic E-state index is 0.0966. The van der Waals surface area contributed by atoms with E-state index in [0.29, 0.717) is 0 Å². The molecule has 0 amide bonds. The minimum atomic E-state index is -0.0966. The first-order chi connectivity index (χ1) is 10.0. The fraction of sp³-hybridized carbons (Fsp3) is 0.647. The lowest BCUT2D eigenvalue weighted by Gasteiger charge is -2.36. The van der Waals surface area contributed by atoms with Crippen molar-refractivity contribution in [3.05, 3.63) is 29.6 Å². The lowest BCUT2D eigenvalue weighted by Crippen LogP contribution is -2.38. The lowest BCUT2D eigenvalue weighted by molar-refractivity contribution is 0.284. The van der Waals surface area contributed by atoms with Crippen LogP contribution in [0.25, 0.3) is 0 Å². The standard InChI is InChI=1S/C17H28FN3/c1-13(19-2)15-6-5-7-16(18)17(15)21-10-8-14(9-11-21)12-20(3)4/h5-7,13-14,19H,8-12H2,1-4H3. The third-order valence-corrected chi connectivity index (χ3v) is 4.47. The van der Waals surface area contributed by atoms with E-state index < -0.39 is 0 Å². The summed E-state index contributed by atoms with van der Waals surface area (Å²) in [4.78, 5) is 4.47. The van der Waals surface area contributed by atoms with Gasteiger partial charge in [-0.05, 0) is 58.5 Å². The van der Waals surface area contributed by atoms with Crippen LogP contribution in [0.3, 0.4) is 0 Å². The predicted molar refractivity (Wildman–Crippen MR) is 87.4 cm³/mol. The highest BCUT2D eigenvalue weighted by Gasteiger charge is 2.24. The summed E-state index contributed by atoms with van der Waals surface area (Å²) in [7, 11) is 6.16. The number of hydrogen-bond acceptors (Lipinski definition) is 3. The summed E-state index contributed by atoms with van der Waals surface area (Å²) < 4.78 is 14.4. The molecule has 1 fully saturated rings. The zero-order chi connectivity index (χ0) is 15.4. The number of halogens is 1. The Labute approximate surface area is 128 Å². The molecular weight excluding hydrogens is 265 g/mol. The molecule has 4 heteroatoms. The van der Waals surface area contributed by atoms with Gasteiger partial charge in [-0.1, -0.05) is 12.1 Å². The van der Waals surface area contributed by atoms with Crippen molar-refractivity contribution in [2.45, 2.75) is 25.8 Å². The molecule has 1 atom stereocenters. The van der Waals surface area contributed by atoms with Crippen LogP contribution in [0.5, 0.6) is 0 Å². The van der Waals surface area contributed by atoms with Gasteiger partial charge in [0.05, 0.1) is 5.69 Å². The Morgan fingerprint density at radius 1 is 1.33 bits per heavy atom. The largest absolute Gasteiger partial charge is 0.369 e. The Kier molecular flexibility index (Phi) is 5.59. The van der Waals surface area contributed by atoms with Gasteiger partial charge in [-0.15, -0.1) is 0 Å². The Bertz CT molecular complexity index is 453. The average Bonchev–Trinajstić information content (AvgIpc) is 2.46. The summed E-state index contributed by atoms with van der Waals surface area (Å²) in [5, 5.41) is 3.22. The van der Waals surface area contributed by atoms with Crippen LogP contribution >= 0.6 is 0 Å². The molecule has 0 spiro atoms. The second-order valence-electron chi connectivity index (χ2n) is 6.38. The van der Waals surface area contributed by atoms with E-state index in [2.05, 4.69) is 36.1 Å². The van der Waals surface area contributed by atoms with Crippen LogP contribution in [-0.2, 0) is 0 Å². The van der Waals surface area contributed by atoms with Crippen LogP contribution in [0.2, 0.25) is 0 Å². The van der Waals surface area contributed by atoms with Gasteiger partial charge in [0, 0.05) is 25.7 Å². The van der Waals surface area contributed by atoms with Gasteiger partial charge in [-0.25, -0.2) is 4.39 Å². The molecule has 21 heavy (non-hydrogen) atoms. The molecule has 2 rings (SSSR count). The fourth-order valence-corrected chi connectivity index (χ4v) is 3.23. The van der Waals surface area contributed by atoms with Crippen molar-refractivity contribution in [1.29, 1.82) is 0 Å². The van der Waals surface area contributed by atoms with Crippen LogP contribution in [0.1, 0.15) is 31.4 Å². The van der Waals surface area contributed by atoms with Crippen molar-refractivity contribution >= 4 is 5.69 Å². The van der Waals surface area contributed by atoms with Gasteiger partial charge >= 0.3 is 0 Å². The zero-order valence-corrected chi connectivity index (χ0v) is 13.7. The molecule has 1 aliphatic rings. The first kappa shape index (κ1) is 16.2. The number of anilines is 1. The molecule has 1 N–H and O–H groups in total. The number of nitrogens with zero attached hydrogens (tertiary/aromatic N) is 2. The average molecular weight is 293 g/mol. The van der Waals surface area contributed by atoms with Gasteiger partial charge in [-0.3, -0.25) is 0 Å². The van der Waals surface area contributed by atoms with E-state index in [1.54, 1.807) is 12.1 Å². The smallest absolute Gasteiger partial charge is 0.146 e. The second kappa shape index (κ2) is 7.23. The van der Waals surface area contributed by atoms with Gasteiger partial charge in [0.1, 0.15) is 5.82 Å². The summed E-state index contributed by atoms with van der Waals surface area (Å²) in [5.74, 6) is 0.633. The highest BCUT2D eigenvalue weighted by atomic mass is 19.1. The molecule has 1 heterocycles. The number of rotatable bonds is 5. The van der Waals surface area contributed by atoms with Gasteiger partial charge in [0.2, 0.25) is 0 Å². The summed E-state index contributed by atoms with van der Waals surface area (Å²) >= 11 is 0. The molecule has 0 aliphatic carbocycles. The number of hydrogen-bond donors (Lipinski definition) is 1. The Balaban J connectivity index is 2.13. The van der Waals surface area contributed by atoms with Gasteiger partial charge in [-0.2, -0.15) is 0 Å². The van der Waals surface area contributed by atoms with E-state index >= 15 is 0 Å². The topological polar surface area (TPSA) is 18.5 Å². The normalized spacial score (nSPS) is 18.3. The van der Waals surface area contributed by atoms with Crippen molar-refractivity contribution in [2.75, 3.05) is 45.7 Å². The van der Waals surface area contributed by atoms with E-state index in [1.165, 1.54) is 0 Å². The van der Waals surface area contributed by atoms with Crippen molar-refractivity contribution in [3.63, 3.8) is 0 Å². The quantitative estimate of drug-likeness (QED) is 0.900. The summed E-state index contributed by atoms with van der Waals surface area (Å²) in [5.41, 5.74) is 1.85. The lowest BCUT2D eigenvalue weighted by atomic mass is 9.94. The fourth-order valence-electron chi connectivity index (χ4n) is 3.23. The van der Waals surface area contributed by atoms with Crippen LogP contribution in [0, 0.1) is 11.7 Å². The Morgan fingerprint density at radius 2 is 2.00 bits per heavy atom. The summed E-state index contributed by atoms with van der Waals surface area (Å²) in [6.45, 7) is 5.10. The van der Waals surface area contributed by atoms with Crippen LogP contribution in [0.15, 0.2) is 18.2 Å². The van der Waals surface area contributed by atoms with Crippen LogP contribution in [0.4, 0.5) is 10.1 Å². The highest BCUT2D eigenvalue weighted by molar-refractivity contribution is 5.56. The van der Waals surface area contributed by atoms with Crippen molar-refractivity contribution in [2.24, 2.45) is 5.92 Å². The number of piperidine rings is 1. The monoisotopic (exact) mass is 293 g/mol. The maximum absolute atomic E-state index is 14.4. The first-order valence-electron chi connectivity index (χ1n) is 7.88. The zero-order valence-electron chi connectivity index (χ0n) is 13.7.